The lowest BCUT2D eigenvalue weighted by Gasteiger charge is -2.18. The highest BCUT2D eigenvalue weighted by Crippen LogP contribution is 2.14. The molecule has 61 heavy (non-hydrogen) atoms. The Bertz CT molecular complexity index is 1070. The molecule has 1 atom stereocenters. The van der Waals surface area contributed by atoms with Gasteiger partial charge in [-0.05, 0) is 103 Å². The average molecular weight is 855 g/mol. The molecule has 6 nitrogen and oxygen atoms in total. The maximum atomic E-state index is 12.8. The zero-order valence-corrected chi connectivity index (χ0v) is 40.4. The van der Waals surface area contributed by atoms with Crippen molar-refractivity contribution in [3.05, 3.63) is 48.6 Å². The van der Waals surface area contributed by atoms with Gasteiger partial charge in [0.1, 0.15) is 13.2 Å². The molecule has 0 aliphatic rings. The second-order valence-electron chi connectivity index (χ2n) is 17.4. The first kappa shape index (κ1) is 58.4. The zero-order valence-electron chi connectivity index (χ0n) is 40.4. The predicted molar refractivity (Wildman–Crippen MR) is 261 cm³/mol. The van der Waals surface area contributed by atoms with E-state index in [2.05, 4.69) is 69.4 Å². The Balaban J connectivity index is 4.40. The normalized spacial score (nSPS) is 12.4. The summed E-state index contributed by atoms with van der Waals surface area (Å²) in [5.74, 6) is -0.903. The molecule has 0 heterocycles. The largest absolute Gasteiger partial charge is 0.462 e. The first-order valence-electron chi connectivity index (χ1n) is 26.1. The monoisotopic (exact) mass is 855 g/mol. The summed E-state index contributed by atoms with van der Waals surface area (Å²) in [5.41, 5.74) is 0. The van der Waals surface area contributed by atoms with Crippen LogP contribution < -0.4 is 0 Å². The molecule has 0 bridgehead atoms. The van der Waals surface area contributed by atoms with Crippen LogP contribution in [0.2, 0.25) is 0 Å². The summed E-state index contributed by atoms with van der Waals surface area (Å²) in [6, 6.07) is 0. The SMILES string of the molecule is CCCCCC=CCC=CCCCCCCCC(=O)OC[C@@H](COC(=O)CCCCCCCCCC=CCCCCCC)OC(=O)CCCCCCCC=CCCCCCC. The Labute approximate surface area is 378 Å². The minimum absolute atomic E-state index is 0.0825. The van der Waals surface area contributed by atoms with Gasteiger partial charge < -0.3 is 14.2 Å². The molecule has 0 spiro atoms. The number of hydrogen-bond donors (Lipinski definition) is 0. The Morgan fingerprint density at radius 1 is 0.328 bits per heavy atom. The van der Waals surface area contributed by atoms with Crippen LogP contribution in [0.1, 0.15) is 265 Å². The van der Waals surface area contributed by atoms with Crippen molar-refractivity contribution < 1.29 is 28.6 Å². The molecular formula is C55H98O6. The van der Waals surface area contributed by atoms with Crippen LogP contribution in [-0.2, 0) is 28.6 Å². The summed E-state index contributed by atoms with van der Waals surface area (Å²) >= 11 is 0. The Morgan fingerprint density at radius 3 is 0.951 bits per heavy atom. The predicted octanol–water partition coefficient (Wildman–Crippen LogP) is 17.1. The quantitative estimate of drug-likeness (QED) is 0.0263. The summed E-state index contributed by atoms with van der Waals surface area (Å²) in [6.45, 7) is 6.57. The molecule has 0 unspecified atom stereocenters. The van der Waals surface area contributed by atoms with Gasteiger partial charge in [-0.25, -0.2) is 0 Å². The number of ether oxygens (including phenoxy) is 3. The van der Waals surface area contributed by atoms with Crippen LogP contribution in [0.3, 0.4) is 0 Å². The van der Waals surface area contributed by atoms with E-state index in [-0.39, 0.29) is 31.1 Å². The maximum absolute atomic E-state index is 12.8. The highest BCUT2D eigenvalue weighted by atomic mass is 16.6. The first-order valence-corrected chi connectivity index (χ1v) is 26.1. The first-order chi connectivity index (χ1) is 30.0. The van der Waals surface area contributed by atoms with Crippen LogP contribution in [0.25, 0.3) is 0 Å². The highest BCUT2D eigenvalue weighted by Gasteiger charge is 2.19. The molecule has 0 aliphatic heterocycles. The summed E-state index contributed by atoms with van der Waals surface area (Å²) in [7, 11) is 0. The van der Waals surface area contributed by atoms with E-state index in [0.717, 1.165) is 89.9 Å². The minimum atomic E-state index is -0.783. The Kier molecular flexibility index (Phi) is 47.9. The second kappa shape index (κ2) is 50.0. The van der Waals surface area contributed by atoms with Gasteiger partial charge in [-0.1, -0.05) is 191 Å². The van der Waals surface area contributed by atoms with Crippen LogP contribution in [-0.4, -0.2) is 37.2 Å². The molecule has 0 aromatic heterocycles. The summed E-state index contributed by atoms with van der Waals surface area (Å²) < 4.78 is 16.8. The molecule has 354 valence electrons. The van der Waals surface area contributed by atoms with Crippen molar-refractivity contribution in [1.82, 2.24) is 0 Å². The molecule has 0 saturated carbocycles. The van der Waals surface area contributed by atoms with E-state index in [4.69, 9.17) is 14.2 Å². The number of carbonyl (C=O) groups is 3. The van der Waals surface area contributed by atoms with Gasteiger partial charge in [0.15, 0.2) is 6.10 Å². The van der Waals surface area contributed by atoms with Gasteiger partial charge in [-0.2, -0.15) is 0 Å². The van der Waals surface area contributed by atoms with Crippen molar-refractivity contribution in [1.29, 1.82) is 0 Å². The van der Waals surface area contributed by atoms with E-state index >= 15 is 0 Å². The van der Waals surface area contributed by atoms with E-state index in [0.29, 0.717) is 19.3 Å². The number of allylic oxidation sites excluding steroid dienone is 8. The van der Waals surface area contributed by atoms with Crippen molar-refractivity contribution >= 4 is 17.9 Å². The van der Waals surface area contributed by atoms with E-state index in [1.807, 2.05) is 0 Å². The number of carbonyl (C=O) groups excluding carboxylic acids is 3. The van der Waals surface area contributed by atoms with Gasteiger partial charge in [0.25, 0.3) is 0 Å². The van der Waals surface area contributed by atoms with Gasteiger partial charge >= 0.3 is 17.9 Å². The number of rotatable bonds is 47. The highest BCUT2D eigenvalue weighted by molar-refractivity contribution is 5.71. The topological polar surface area (TPSA) is 78.9 Å². The third-order valence-corrected chi connectivity index (χ3v) is 11.3. The van der Waals surface area contributed by atoms with Crippen LogP contribution in [0.4, 0.5) is 0 Å². The van der Waals surface area contributed by atoms with Crippen molar-refractivity contribution in [2.24, 2.45) is 0 Å². The third-order valence-electron chi connectivity index (χ3n) is 11.3. The molecule has 0 N–H and O–H groups in total. The van der Waals surface area contributed by atoms with Crippen molar-refractivity contribution in [2.75, 3.05) is 13.2 Å². The van der Waals surface area contributed by atoms with Crippen LogP contribution >= 0.6 is 0 Å². The fraction of sp³-hybridized carbons (Fsp3) is 0.800. The molecular weight excluding hydrogens is 757 g/mol. The van der Waals surface area contributed by atoms with Gasteiger partial charge in [0, 0.05) is 19.3 Å². The standard InChI is InChI=1S/C55H98O6/c1-4-7-10-13-16-19-22-25-27-30-32-35-38-41-44-47-53(56)59-50-52(61-55(58)49-46-43-40-37-34-29-24-21-18-15-12-9-6-3)51-60-54(57)48-45-42-39-36-33-31-28-26-23-20-17-14-11-8-5-2/h16,19-21,23-25,27,52H,4-15,17-18,22,26,28-51H2,1-3H3/t52-/m0/s1. The molecule has 0 rings (SSSR count). The van der Waals surface area contributed by atoms with E-state index in [1.54, 1.807) is 0 Å². The van der Waals surface area contributed by atoms with Crippen LogP contribution in [0, 0.1) is 0 Å². The minimum Gasteiger partial charge on any atom is -0.462 e. The van der Waals surface area contributed by atoms with E-state index in [9.17, 15) is 14.4 Å². The van der Waals surface area contributed by atoms with Crippen molar-refractivity contribution in [3.63, 3.8) is 0 Å². The number of hydrogen-bond acceptors (Lipinski definition) is 6. The average Bonchev–Trinajstić information content (AvgIpc) is 3.26. The van der Waals surface area contributed by atoms with Gasteiger partial charge in [0.05, 0.1) is 0 Å². The Hall–Kier alpha value is -2.63. The summed E-state index contributed by atoms with van der Waals surface area (Å²) in [4.78, 5) is 38.0. The van der Waals surface area contributed by atoms with Crippen molar-refractivity contribution in [3.8, 4) is 0 Å². The maximum Gasteiger partial charge on any atom is 0.306 e. The third kappa shape index (κ3) is 48.3. The molecule has 0 fully saturated rings. The van der Waals surface area contributed by atoms with E-state index in [1.165, 1.54) is 135 Å². The fourth-order valence-electron chi connectivity index (χ4n) is 7.28. The number of unbranched alkanes of at least 4 members (excludes halogenated alkanes) is 28. The van der Waals surface area contributed by atoms with E-state index < -0.39 is 6.10 Å². The number of esters is 3. The van der Waals surface area contributed by atoms with Crippen molar-refractivity contribution in [2.45, 2.75) is 271 Å². The summed E-state index contributed by atoms with van der Waals surface area (Å²) in [5, 5.41) is 0. The molecule has 0 amide bonds. The molecule has 0 aromatic rings. The van der Waals surface area contributed by atoms with Gasteiger partial charge in [0.2, 0.25) is 0 Å². The van der Waals surface area contributed by atoms with Crippen LogP contribution in [0.15, 0.2) is 48.6 Å². The smallest absolute Gasteiger partial charge is 0.306 e. The molecule has 0 radical (unpaired) electrons. The Morgan fingerprint density at radius 2 is 0.590 bits per heavy atom. The lowest BCUT2D eigenvalue weighted by atomic mass is 10.1. The molecule has 0 saturated heterocycles. The molecule has 0 aromatic carbocycles. The lowest BCUT2D eigenvalue weighted by molar-refractivity contribution is -0.167. The lowest BCUT2D eigenvalue weighted by Crippen LogP contribution is -2.30. The zero-order chi connectivity index (χ0) is 44.4. The van der Waals surface area contributed by atoms with Gasteiger partial charge in [-0.15, -0.1) is 0 Å². The molecule has 0 aliphatic carbocycles. The second-order valence-corrected chi connectivity index (χ2v) is 17.4. The fourth-order valence-corrected chi connectivity index (χ4v) is 7.28. The molecule has 6 heteroatoms. The van der Waals surface area contributed by atoms with Crippen LogP contribution in [0.5, 0.6) is 0 Å². The van der Waals surface area contributed by atoms with Gasteiger partial charge in [-0.3, -0.25) is 14.4 Å². The summed E-state index contributed by atoms with van der Waals surface area (Å²) in [6.07, 6.45) is 59.4.